The first-order valence-electron chi connectivity index (χ1n) is 13.6. The van der Waals surface area contributed by atoms with E-state index in [1.165, 1.54) is 0 Å². The molecule has 37 heavy (non-hydrogen) atoms. The number of hydrogen-bond donors (Lipinski definition) is 4. The fourth-order valence-electron chi connectivity index (χ4n) is 5.10. The van der Waals surface area contributed by atoms with Crippen LogP contribution in [0, 0.1) is 17.8 Å². The van der Waals surface area contributed by atoms with Crippen LogP contribution in [-0.4, -0.2) is 44.7 Å². The van der Waals surface area contributed by atoms with Crippen molar-refractivity contribution in [3.8, 4) is 23.3 Å². The summed E-state index contributed by atoms with van der Waals surface area (Å²) in [7, 11) is 0. The van der Waals surface area contributed by atoms with Crippen LogP contribution in [-0.2, 0) is 17.8 Å². The fourth-order valence-corrected chi connectivity index (χ4v) is 5.10. The number of nitrogens with two attached hydrogens (primary N) is 1. The lowest BCUT2D eigenvalue weighted by atomic mass is 9.95. The zero-order valence-corrected chi connectivity index (χ0v) is 21.7. The molecule has 0 bridgehead atoms. The predicted octanol–water partition coefficient (Wildman–Crippen LogP) is 4.49. The lowest BCUT2D eigenvalue weighted by Gasteiger charge is -2.27. The average Bonchev–Trinajstić information content (AvgIpc) is 2.89. The highest BCUT2D eigenvalue weighted by molar-refractivity contribution is 5.47. The SMILES string of the molecule is C[C@@H]1C#Cc2cc(N)ncc2CO[C@H](C[C@H](O)CCc2ccc(O)c(O[C@@H]3CCC[C@@H](O)C3)c2)CCC1. The van der Waals surface area contributed by atoms with Crippen molar-refractivity contribution in [3.05, 3.63) is 47.2 Å². The van der Waals surface area contributed by atoms with Gasteiger partial charge < -0.3 is 30.5 Å². The Morgan fingerprint density at radius 1 is 1.19 bits per heavy atom. The molecule has 1 fully saturated rings. The van der Waals surface area contributed by atoms with Crippen LogP contribution < -0.4 is 10.5 Å². The molecule has 2 aliphatic rings. The Morgan fingerprint density at radius 3 is 2.86 bits per heavy atom. The minimum atomic E-state index is -0.514. The second-order valence-electron chi connectivity index (χ2n) is 10.6. The van der Waals surface area contributed by atoms with Crippen molar-refractivity contribution < 1.29 is 24.8 Å². The molecule has 0 spiro atoms. The quantitative estimate of drug-likeness (QED) is 0.407. The molecule has 0 radical (unpaired) electrons. The van der Waals surface area contributed by atoms with Crippen LogP contribution in [0.15, 0.2) is 30.5 Å². The van der Waals surface area contributed by atoms with Crippen molar-refractivity contribution in [1.82, 2.24) is 4.98 Å². The molecule has 2 heterocycles. The molecule has 5 atom stereocenters. The molecule has 7 nitrogen and oxygen atoms in total. The van der Waals surface area contributed by atoms with Crippen molar-refractivity contribution >= 4 is 5.82 Å². The summed E-state index contributed by atoms with van der Waals surface area (Å²) in [6.45, 7) is 2.52. The number of anilines is 1. The molecule has 1 aliphatic heterocycles. The van der Waals surface area contributed by atoms with Gasteiger partial charge in [-0.15, -0.1) is 0 Å². The lowest BCUT2D eigenvalue weighted by molar-refractivity contribution is -0.00375. The molecule has 200 valence electrons. The van der Waals surface area contributed by atoms with E-state index < -0.39 is 6.10 Å². The van der Waals surface area contributed by atoms with E-state index in [-0.39, 0.29) is 30.0 Å². The Labute approximate surface area is 220 Å². The fraction of sp³-hybridized carbons (Fsp3) is 0.567. The summed E-state index contributed by atoms with van der Waals surface area (Å²) in [6, 6.07) is 7.16. The van der Waals surface area contributed by atoms with Gasteiger partial charge >= 0.3 is 0 Å². The van der Waals surface area contributed by atoms with Crippen molar-refractivity contribution in [2.75, 3.05) is 5.73 Å². The third kappa shape index (κ3) is 8.36. The highest BCUT2D eigenvalue weighted by Crippen LogP contribution is 2.32. The van der Waals surface area contributed by atoms with Gasteiger partial charge in [0.2, 0.25) is 0 Å². The molecule has 4 rings (SSSR count). The molecule has 5 N–H and O–H groups in total. The zero-order chi connectivity index (χ0) is 26.2. The number of pyridine rings is 1. The van der Waals surface area contributed by atoms with Gasteiger partial charge in [0.15, 0.2) is 11.5 Å². The third-order valence-corrected chi connectivity index (χ3v) is 7.32. The smallest absolute Gasteiger partial charge is 0.161 e. The maximum Gasteiger partial charge on any atom is 0.161 e. The Bertz CT molecular complexity index is 1100. The van der Waals surface area contributed by atoms with Crippen LogP contribution in [0.5, 0.6) is 11.5 Å². The Morgan fingerprint density at radius 2 is 2.03 bits per heavy atom. The van der Waals surface area contributed by atoms with Crippen molar-refractivity contribution in [2.45, 2.75) is 102 Å². The van der Waals surface area contributed by atoms with Crippen molar-refractivity contribution in [3.63, 3.8) is 0 Å². The van der Waals surface area contributed by atoms with Crippen LogP contribution in [0.3, 0.4) is 0 Å². The highest BCUT2D eigenvalue weighted by atomic mass is 16.5. The van der Waals surface area contributed by atoms with Gasteiger partial charge in [-0.3, -0.25) is 0 Å². The van der Waals surface area contributed by atoms with Crippen LogP contribution in [0.4, 0.5) is 5.82 Å². The number of phenols is 1. The van der Waals surface area contributed by atoms with E-state index in [9.17, 15) is 15.3 Å². The van der Waals surface area contributed by atoms with Crippen molar-refractivity contribution in [1.29, 1.82) is 0 Å². The number of phenolic OH excluding ortho intramolecular Hbond substituents is 1. The summed E-state index contributed by atoms with van der Waals surface area (Å²) in [4.78, 5) is 4.20. The minimum absolute atomic E-state index is 0.0675. The Balaban J connectivity index is 1.33. The van der Waals surface area contributed by atoms with E-state index >= 15 is 0 Å². The number of rotatable bonds is 7. The molecule has 1 aliphatic carbocycles. The van der Waals surface area contributed by atoms with E-state index in [0.29, 0.717) is 43.9 Å². The summed E-state index contributed by atoms with van der Waals surface area (Å²) in [5.74, 6) is 7.82. The first kappa shape index (κ1) is 27.3. The van der Waals surface area contributed by atoms with E-state index in [1.807, 2.05) is 12.1 Å². The maximum absolute atomic E-state index is 10.9. The van der Waals surface area contributed by atoms with Crippen molar-refractivity contribution in [2.24, 2.45) is 5.92 Å². The van der Waals surface area contributed by atoms with Gasteiger partial charge in [0.25, 0.3) is 0 Å². The molecule has 7 heteroatoms. The number of aliphatic hydroxyl groups is 2. The van der Waals surface area contributed by atoms with Gasteiger partial charge in [-0.05, 0) is 81.5 Å². The monoisotopic (exact) mass is 508 g/mol. The number of aliphatic hydroxyl groups excluding tert-OH is 2. The molecule has 0 amide bonds. The molecule has 2 aromatic rings. The van der Waals surface area contributed by atoms with Gasteiger partial charge in [-0.2, -0.15) is 0 Å². The number of aryl methyl sites for hydroxylation is 1. The standard InChI is InChI=1S/C30H40N2O5/c1-20-4-2-6-26(36-19-23-18-32-30(31)15-22(23)11-8-20)16-25(34)12-9-21-10-13-28(35)29(14-21)37-27-7-3-5-24(33)17-27/h10,13-15,18,20,24-27,33-35H,2-7,9,12,16-17,19H2,1H3,(H2,31,32)/t20-,24+,25+,26-,27+/m0/s1. The summed E-state index contributed by atoms with van der Waals surface area (Å²) >= 11 is 0. The number of nitrogens with zero attached hydrogens (tertiary/aromatic N) is 1. The van der Waals surface area contributed by atoms with Gasteiger partial charge in [0, 0.05) is 29.7 Å². The number of nitrogen functional groups attached to an aromatic ring is 1. The van der Waals surface area contributed by atoms with Gasteiger partial charge in [0.1, 0.15) is 11.9 Å². The van der Waals surface area contributed by atoms with E-state index in [4.69, 9.17) is 15.2 Å². The zero-order valence-electron chi connectivity index (χ0n) is 21.7. The number of ether oxygens (including phenoxy) is 2. The van der Waals surface area contributed by atoms with E-state index in [2.05, 4.69) is 23.7 Å². The Hall–Kier alpha value is -2.79. The lowest BCUT2D eigenvalue weighted by Crippen LogP contribution is -2.28. The average molecular weight is 509 g/mol. The summed E-state index contributed by atoms with van der Waals surface area (Å²) in [5, 5.41) is 31.0. The maximum atomic E-state index is 10.9. The summed E-state index contributed by atoms with van der Waals surface area (Å²) in [5.41, 5.74) is 8.63. The normalized spacial score (nSPS) is 25.2. The van der Waals surface area contributed by atoms with Crippen LogP contribution >= 0.6 is 0 Å². The second-order valence-corrected chi connectivity index (χ2v) is 10.6. The molecular formula is C30H40N2O5. The van der Waals surface area contributed by atoms with Crippen LogP contribution in [0.1, 0.15) is 81.4 Å². The first-order chi connectivity index (χ1) is 17.9. The Kier molecular flexibility index (Phi) is 9.68. The minimum Gasteiger partial charge on any atom is -0.504 e. The molecule has 0 unspecified atom stereocenters. The number of fused-ring (bicyclic) bond motifs is 1. The number of aromatic hydroxyl groups is 1. The molecule has 1 aromatic carbocycles. The predicted molar refractivity (Wildman–Crippen MR) is 143 cm³/mol. The molecule has 1 saturated carbocycles. The third-order valence-electron chi connectivity index (χ3n) is 7.32. The molecule has 1 aromatic heterocycles. The topological polar surface area (TPSA) is 118 Å². The number of benzene rings is 1. The van der Waals surface area contributed by atoms with Crippen LogP contribution in [0.2, 0.25) is 0 Å². The highest BCUT2D eigenvalue weighted by Gasteiger charge is 2.23. The number of hydrogen-bond acceptors (Lipinski definition) is 7. The first-order valence-corrected chi connectivity index (χ1v) is 13.6. The van der Waals surface area contributed by atoms with Crippen LogP contribution in [0.25, 0.3) is 0 Å². The van der Waals surface area contributed by atoms with E-state index in [0.717, 1.165) is 55.2 Å². The second kappa shape index (κ2) is 13.1. The van der Waals surface area contributed by atoms with Gasteiger partial charge in [0.05, 0.1) is 24.9 Å². The largest absolute Gasteiger partial charge is 0.504 e. The van der Waals surface area contributed by atoms with Gasteiger partial charge in [-0.25, -0.2) is 4.98 Å². The van der Waals surface area contributed by atoms with Gasteiger partial charge in [-0.1, -0.05) is 24.8 Å². The molecule has 0 saturated heterocycles. The number of aromatic nitrogens is 1. The van der Waals surface area contributed by atoms with E-state index in [1.54, 1.807) is 18.3 Å². The summed E-state index contributed by atoms with van der Waals surface area (Å²) < 4.78 is 12.3. The molecular weight excluding hydrogens is 468 g/mol. The summed E-state index contributed by atoms with van der Waals surface area (Å²) in [6.07, 6.45) is 8.53.